The molecule has 0 saturated heterocycles. The monoisotopic (exact) mass is 155 g/mol. The molecule has 1 aromatic rings. The van der Waals surface area contributed by atoms with Crippen LogP contribution in [0.15, 0.2) is 24.3 Å². The molecule has 0 unspecified atom stereocenters. The van der Waals surface area contributed by atoms with Gasteiger partial charge in [-0.05, 0) is 11.6 Å². The van der Waals surface area contributed by atoms with Crippen molar-refractivity contribution in [3.05, 3.63) is 46.8 Å². The Labute approximate surface area is 72.9 Å². The van der Waals surface area contributed by atoms with Crippen LogP contribution in [0.4, 0.5) is 0 Å². The molecular formula is C11H9N. The first-order valence-electron chi connectivity index (χ1n) is 3.76. The van der Waals surface area contributed by atoms with E-state index in [1.165, 1.54) is 0 Å². The Morgan fingerprint density at radius 3 is 2.83 bits per heavy atom. The van der Waals surface area contributed by atoms with Gasteiger partial charge in [-0.1, -0.05) is 24.1 Å². The molecule has 0 aliphatic rings. The zero-order chi connectivity index (χ0) is 8.81. The van der Waals surface area contributed by atoms with E-state index < -0.39 is 0 Å². The van der Waals surface area contributed by atoms with Gasteiger partial charge in [-0.2, -0.15) is 0 Å². The molecule has 0 saturated carbocycles. The van der Waals surface area contributed by atoms with E-state index in [1.807, 2.05) is 24.3 Å². The Kier molecular flexibility index (Phi) is 2.94. The Balaban J connectivity index is 2.86. The highest BCUT2D eigenvalue weighted by Crippen LogP contribution is 2.07. The largest absolute Gasteiger partial charge is 0.317 e. The van der Waals surface area contributed by atoms with E-state index in [1.54, 1.807) is 0 Å². The molecule has 58 valence electrons. The molecule has 0 amide bonds. The van der Waals surface area contributed by atoms with Gasteiger partial charge in [0.05, 0.1) is 0 Å². The lowest BCUT2D eigenvalue weighted by Crippen LogP contribution is -1.91. The van der Waals surface area contributed by atoms with Gasteiger partial charge in [0, 0.05) is 12.0 Å². The van der Waals surface area contributed by atoms with Crippen LogP contribution in [0.1, 0.15) is 11.1 Å². The summed E-state index contributed by atoms with van der Waals surface area (Å²) in [6.07, 6.45) is 6.05. The summed E-state index contributed by atoms with van der Waals surface area (Å²) < 4.78 is 0. The van der Waals surface area contributed by atoms with Crippen molar-refractivity contribution in [3.63, 3.8) is 0 Å². The lowest BCUT2D eigenvalue weighted by Gasteiger charge is -1.98. The normalized spacial score (nSPS) is 8.50. The van der Waals surface area contributed by atoms with E-state index in [0.717, 1.165) is 17.5 Å². The van der Waals surface area contributed by atoms with E-state index in [4.69, 9.17) is 13.0 Å². The average molecular weight is 155 g/mol. The first kappa shape index (κ1) is 8.37. The van der Waals surface area contributed by atoms with E-state index >= 15 is 0 Å². The van der Waals surface area contributed by atoms with Crippen LogP contribution in [-0.4, -0.2) is 6.54 Å². The van der Waals surface area contributed by atoms with Crippen molar-refractivity contribution in [2.24, 2.45) is 0 Å². The minimum Gasteiger partial charge on any atom is -0.317 e. The second-order valence-electron chi connectivity index (χ2n) is 2.43. The Morgan fingerprint density at radius 2 is 2.17 bits per heavy atom. The molecule has 1 rings (SSSR count). The summed E-state index contributed by atoms with van der Waals surface area (Å²) in [7, 11) is 0. The van der Waals surface area contributed by atoms with Gasteiger partial charge < -0.3 is 4.85 Å². The van der Waals surface area contributed by atoms with Crippen LogP contribution in [0.5, 0.6) is 0 Å². The molecule has 0 N–H and O–H groups in total. The lowest BCUT2D eigenvalue weighted by molar-refractivity contribution is 1.07. The van der Waals surface area contributed by atoms with E-state index in [0.29, 0.717) is 6.54 Å². The smallest absolute Gasteiger partial charge is 0.218 e. The van der Waals surface area contributed by atoms with Crippen molar-refractivity contribution in [1.29, 1.82) is 0 Å². The van der Waals surface area contributed by atoms with Gasteiger partial charge in [0.15, 0.2) is 0 Å². The molecule has 0 aliphatic carbocycles. The molecule has 0 radical (unpaired) electrons. The fraction of sp³-hybridized carbons (Fsp3) is 0.182. The Bertz CT molecular complexity index is 339. The van der Waals surface area contributed by atoms with Gasteiger partial charge in [0.2, 0.25) is 6.54 Å². The molecule has 0 heterocycles. The second kappa shape index (κ2) is 4.21. The van der Waals surface area contributed by atoms with Gasteiger partial charge in [-0.3, -0.25) is 0 Å². The standard InChI is InChI=1S/C11H9N/c1-3-10-6-4-5-7-11(10)8-9-12-2/h1,4-7H,8-9H2. The molecule has 0 atom stereocenters. The fourth-order valence-electron chi connectivity index (χ4n) is 1.06. The van der Waals surface area contributed by atoms with Crippen LogP contribution >= 0.6 is 0 Å². The van der Waals surface area contributed by atoms with Crippen molar-refractivity contribution < 1.29 is 0 Å². The Morgan fingerprint density at radius 1 is 1.42 bits per heavy atom. The second-order valence-corrected chi connectivity index (χ2v) is 2.43. The molecule has 12 heavy (non-hydrogen) atoms. The lowest BCUT2D eigenvalue weighted by atomic mass is 10.1. The maximum Gasteiger partial charge on any atom is 0.218 e. The van der Waals surface area contributed by atoms with Crippen molar-refractivity contribution in [2.75, 3.05) is 6.54 Å². The van der Waals surface area contributed by atoms with E-state index in [9.17, 15) is 0 Å². The number of nitrogens with zero attached hydrogens (tertiary/aromatic N) is 1. The van der Waals surface area contributed by atoms with Crippen LogP contribution in [-0.2, 0) is 6.42 Å². The van der Waals surface area contributed by atoms with Gasteiger partial charge in [0.25, 0.3) is 0 Å². The molecule has 0 fully saturated rings. The van der Waals surface area contributed by atoms with Crippen LogP contribution in [0.3, 0.4) is 0 Å². The van der Waals surface area contributed by atoms with Crippen molar-refractivity contribution in [3.8, 4) is 12.3 Å². The average Bonchev–Trinajstić information content (AvgIpc) is 2.15. The molecular weight excluding hydrogens is 146 g/mol. The Hall–Kier alpha value is -1.73. The highest BCUT2D eigenvalue weighted by Gasteiger charge is 1.98. The van der Waals surface area contributed by atoms with Gasteiger partial charge in [0.1, 0.15) is 0 Å². The summed E-state index contributed by atoms with van der Waals surface area (Å²) in [5.74, 6) is 2.60. The quantitative estimate of drug-likeness (QED) is 0.455. The number of rotatable bonds is 2. The minimum atomic E-state index is 0.513. The zero-order valence-electron chi connectivity index (χ0n) is 6.75. The fourth-order valence-corrected chi connectivity index (χ4v) is 1.06. The molecule has 0 aromatic heterocycles. The molecule has 1 nitrogen and oxygen atoms in total. The van der Waals surface area contributed by atoms with E-state index in [2.05, 4.69) is 10.8 Å². The highest BCUT2D eigenvalue weighted by atomic mass is 14.6. The molecule has 1 heteroatoms. The van der Waals surface area contributed by atoms with Crippen LogP contribution in [0.25, 0.3) is 4.85 Å². The number of terminal acetylenes is 1. The van der Waals surface area contributed by atoms with Gasteiger partial charge in [-0.25, -0.2) is 6.57 Å². The SMILES string of the molecule is [C-]#[N+]CCc1ccccc1C#C. The summed E-state index contributed by atoms with van der Waals surface area (Å²) in [6, 6.07) is 7.73. The summed E-state index contributed by atoms with van der Waals surface area (Å²) in [5, 5.41) is 0. The summed E-state index contributed by atoms with van der Waals surface area (Å²) in [6.45, 7) is 7.17. The summed E-state index contributed by atoms with van der Waals surface area (Å²) in [4.78, 5) is 3.29. The first-order chi connectivity index (χ1) is 5.88. The van der Waals surface area contributed by atoms with Crippen LogP contribution in [0.2, 0.25) is 0 Å². The molecule has 0 aliphatic heterocycles. The summed E-state index contributed by atoms with van der Waals surface area (Å²) >= 11 is 0. The number of hydrogen-bond donors (Lipinski definition) is 0. The van der Waals surface area contributed by atoms with Gasteiger partial charge >= 0.3 is 0 Å². The molecule has 0 bridgehead atoms. The number of benzene rings is 1. The van der Waals surface area contributed by atoms with Crippen LogP contribution < -0.4 is 0 Å². The van der Waals surface area contributed by atoms with Crippen molar-refractivity contribution in [2.45, 2.75) is 6.42 Å². The van der Waals surface area contributed by atoms with Crippen molar-refractivity contribution >= 4 is 0 Å². The molecule has 1 aromatic carbocycles. The predicted octanol–water partition coefficient (Wildman–Crippen LogP) is 2.13. The third-order valence-electron chi connectivity index (χ3n) is 1.67. The maximum absolute atomic E-state index is 6.65. The minimum absolute atomic E-state index is 0.513. The topological polar surface area (TPSA) is 4.36 Å². The molecule has 0 spiro atoms. The summed E-state index contributed by atoms with van der Waals surface area (Å²) in [5.41, 5.74) is 2.00. The van der Waals surface area contributed by atoms with Crippen LogP contribution in [0, 0.1) is 18.9 Å². The maximum atomic E-state index is 6.65. The predicted molar refractivity (Wildman–Crippen MR) is 49.6 cm³/mol. The zero-order valence-corrected chi connectivity index (χ0v) is 6.75. The van der Waals surface area contributed by atoms with Gasteiger partial charge in [-0.15, -0.1) is 6.42 Å². The van der Waals surface area contributed by atoms with Crippen molar-refractivity contribution in [1.82, 2.24) is 0 Å². The highest BCUT2D eigenvalue weighted by molar-refractivity contribution is 5.39. The third kappa shape index (κ3) is 1.87. The third-order valence-corrected chi connectivity index (χ3v) is 1.67. The first-order valence-corrected chi connectivity index (χ1v) is 3.76. The van der Waals surface area contributed by atoms with E-state index in [-0.39, 0.29) is 0 Å². The number of hydrogen-bond acceptors (Lipinski definition) is 0.